The Labute approximate surface area is 125 Å². The lowest BCUT2D eigenvalue weighted by Crippen LogP contribution is -2.16. The van der Waals surface area contributed by atoms with Gasteiger partial charge in [-0.25, -0.2) is 14.4 Å². The number of aryl methyl sites for hydroxylation is 1. The smallest absolute Gasteiger partial charge is 0.141 e. The number of hydrogen-bond acceptors (Lipinski definition) is 4. The SMILES string of the molecule is CCCNc1nc(C)nc(N(C)c2cccc(F)c2)c1C. The Morgan fingerprint density at radius 3 is 2.67 bits per heavy atom. The molecule has 1 N–H and O–H groups in total. The number of halogens is 1. The molecule has 112 valence electrons. The normalized spacial score (nSPS) is 10.5. The van der Waals surface area contributed by atoms with Crippen LogP contribution in [0.25, 0.3) is 0 Å². The Morgan fingerprint density at radius 1 is 1.24 bits per heavy atom. The van der Waals surface area contributed by atoms with E-state index in [1.165, 1.54) is 12.1 Å². The van der Waals surface area contributed by atoms with Gasteiger partial charge in [0.05, 0.1) is 0 Å². The lowest BCUT2D eigenvalue weighted by atomic mass is 10.2. The monoisotopic (exact) mass is 288 g/mol. The Hall–Kier alpha value is -2.17. The van der Waals surface area contributed by atoms with E-state index in [0.29, 0.717) is 5.82 Å². The molecule has 0 aliphatic carbocycles. The van der Waals surface area contributed by atoms with Crippen molar-refractivity contribution in [2.24, 2.45) is 0 Å². The van der Waals surface area contributed by atoms with E-state index >= 15 is 0 Å². The van der Waals surface area contributed by atoms with Crippen molar-refractivity contribution in [2.45, 2.75) is 27.2 Å². The Balaban J connectivity index is 2.40. The number of benzene rings is 1. The van der Waals surface area contributed by atoms with Gasteiger partial charge in [0.25, 0.3) is 0 Å². The second-order valence-corrected chi connectivity index (χ2v) is 5.03. The van der Waals surface area contributed by atoms with Crippen molar-refractivity contribution in [3.63, 3.8) is 0 Å². The lowest BCUT2D eigenvalue weighted by Gasteiger charge is -2.22. The molecular weight excluding hydrogens is 267 g/mol. The summed E-state index contributed by atoms with van der Waals surface area (Å²) in [5.41, 5.74) is 1.72. The summed E-state index contributed by atoms with van der Waals surface area (Å²) in [6.45, 7) is 6.80. The number of nitrogens with zero attached hydrogens (tertiary/aromatic N) is 3. The van der Waals surface area contributed by atoms with Crippen molar-refractivity contribution >= 4 is 17.3 Å². The Kier molecular flexibility index (Phi) is 4.73. The highest BCUT2D eigenvalue weighted by atomic mass is 19.1. The van der Waals surface area contributed by atoms with E-state index in [9.17, 15) is 4.39 Å². The van der Waals surface area contributed by atoms with Crippen LogP contribution in [0.5, 0.6) is 0 Å². The molecule has 1 aromatic heterocycles. The molecule has 0 unspecified atom stereocenters. The van der Waals surface area contributed by atoms with Crippen LogP contribution in [0.15, 0.2) is 24.3 Å². The molecule has 21 heavy (non-hydrogen) atoms. The first-order chi connectivity index (χ1) is 10.0. The van der Waals surface area contributed by atoms with Crippen molar-refractivity contribution in [3.8, 4) is 0 Å². The molecule has 0 aliphatic heterocycles. The zero-order valence-electron chi connectivity index (χ0n) is 12.9. The van der Waals surface area contributed by atoms with Crippen LogP contribution >= 0.6 is 0 Å². The predicted molar refractivity (Wildman–Crippen MR) is 84.7 cm³/mol. The van der Waals surface area contributed by atoms with Crippen LogP contribution in [0.2, 0.25) is 0 Å². The summed E-state index contributed by atoms with van der Waals surface area (Å²) in [6.07, 6.45) is 1.03. The third-order valence-electron chi connectivity index (χ3n) is 3.29. The minimum absolute atomic E-state index is 0.257. The van der Waals surface area contributed by atoms with E-state index in [1.54, 1.807) is 6.07 Å². The van der Waals surface area contributed by atoms with E-state index in [-0.39, 0.29) is 5.82 Å². The second kappa shape index (κ2) is 6.52. The molecule has 0 amide bonds. The van der Waals surface area contributed by atoms with Crippen LogP contribution in [-0.4, -0.2) is 23.6 Å². The van der Waals surface area contributed by atoms with Gasteiger partial charge in [0.1, 0.15) is 23.3 Å². The molecule has 4 nitrogen and oxygen atoms in total. The highest BCUT2D eigenvalue weighted by molar-refractivity contribution is 5.66. The van der Waals surface area contributed by atoms with Crippen molar-refractivity contribution in [1.82, 2.24) is 9.97 Å². The van der Waals surface area contributed by atoms with E-state index in [2.05, 4.69) is 22.2 Å². The summed E-state index contributed by atoms with van der Waals surface area (Å²) in [5, 5.41) is 3.31. The topological polar surface area (TPSA) is 41.1 Å². The summed E-state index contributed by atoms with van der Waals surface area (Å²) >= 11 is 0. The summed E-state index contributed by atoms with van der Waals surface area (Å²) in [4.78, 5) is 10.8. The zero-order valence-corrected chi connectivity index (χ0v) is 12.9. The van der Waals surface area contributed by atoms with Gasteiger partial charge in [-0.1, -0.05) is 13.0 Å². The fourth-order valence-corrected chi connectivity index (χ4v) is 2.16. The molecule has 0 saturated heterocycles. The first kappa shape index (κ1) is 15.2. The molecule has 5 heteroatoms. The summed E-state index contributed by atoms with van der Waals surface area (Å²) < 4.78 is 13.4. The maximum atomic E-state index is 13.4. The second-order valence-electron chi connectivity index (χ2n) is 5.03. The lowest BCUT2D eigenvalue weighted by molar-refractivity contribution is 0.628. The molecule has 1 heterocycles. The van der Waals surface area contributed by atoms with Crippen molar-refractivity contribution in [3.05, 3.63) is 41.5 Å². The van der Waals surface area contributed by atoms with Gasteiger partial charge in [-0.05, 0) is 38.5 Å². The van der Waals surface area contributed by atoms with Gasteiger partial charge < -0.3 is 10.2 Å². The number of hydrogen-bond donors (Lipinski definition) is 1. The molecule has 0 bridgehead atoms. The molecule has 0 spiro atoms. The zero-order chi connectivity index (χ0) is 15.4. The average molecular weight is 288 g/mol. The maximum absolute atomic E-state index is 13.4. The fourth-order valence-electron chi connectivity index (χ4n) is 2.16. The molecule has 0 saturated carbocycles. The average Bonchev–Trinajstić information content (AvgIpc) is 2.47. The van der Waals surface area contributed by atoms with E-state index in [4.69, 9.17) is 0 Å². The third kappa shape index (κ3) is 3.48. The molecular formula is C16H21FN4. The predicted octanol–water partition coefficient (Wildman–Crippen LogP) is 3.82. The quantitative estimate of drug-likeness (QED) is 0.908. The first-order valence-corrected chi connectivity index (χ1v) is 7.11. The van der Waals surface area contributed by atoms with Crippen molar-refractivity contribution < 1.29 is 4.39 Å². The van der Waals surface area contributed by atoms with Crippen LogP contribution < -0.4 is 10.2 Å². The summed E-state index contributed by atoms with van der Waals surface area (Å²) in [7, 11) is 1.88. The summed E-state index contributed by atoms with van der Waals surface area (Å²) in [6, 6.07) is 6.49. The number of anilines is 3. The van der Waals surface area contributed by atoms with Crippen LogP contribution in [0.1, 0.15) is 24.7 Å². The van der Waals surface area contributed by atoms with Gasteiger partial charge >= 0.3 is 0 Å². The van der Waals surface area contributed by atoms with Gasteiger partial charge in [0.2, 0.25) is 0 Å². The first-order valence-electron chi connectivity index (χ1n) is 7.11. The van der Waals surface area contributed by atoms with Crippen LogP contribution in [0, 0.1) is 19.7 Å². The van der Waals surface area contributed by atoms with Crippen LogP contribution in [-0.2, 0) is 0 Å². The van der Waals surface area contributed by atoms with Crippen LogP contribution in [0.3, 0.4) is 0 Å². The number of nitrogens with one attached hydrogen (secondary N) is 1. The van der Waals surface area contributed by atoms with Crippen molar-refractivity contribution in [1.29, 1.82) is 0 Å². The van der Waals surface area contributed by atoms with Gasteiger partial charge in [-0.3, -0.25) is 0 Å². The molecule has 1 aromatic carbocycles. The molecule has 0 fully saturated rings. The number of aromatic nitrogens is 2. The largest absolute Gasteiger partial charge is 0.370 e. The molecule has 0 radical (unpaired) electrons. The Morgan fingerprint density at radius 2 is 2.00 bits per heavy atom. The highest BCUT2D eigenvalue weighted by Crippen LogP contribution is 2.28. The minimum Gasteiger partial charge on any atom is -0.370 e. The molecule has 2 aromatic rings. The van der Waals surface area contributed by atoms with Crippen molar-refractivity contribution in [2.75, 3.05) is 23.8 Å². The summed E-state index contributed by atoms with van der Waals surface area (Å²) in [5.74, 6) is 2.05. The van der Waals surface area contributed by atoms with Gasteiger partial charge in [-0.15, -0.1) is 0 Å². The van der Waals surface area contributed by atoms with Gasteiger partial charge in [0.15, 0.2) is 0 Å². The highest BCUT2D eigenvalue weighted by Gasteiger charge is 2.14. The molecule has 0 aliphatic rings. The van der Waals surface area contributed by atoms with E-state index < -0.39 is 0 Å². The van der Waals surface area contributed by atoms with Gasteiger partial charge in [0, 0.05) is 24.8 Å². The maximum Gasteiger partial charge on any atom is 0.141 e. The Bertz CT molecular complexity index is 628. The van der Waals surface area contributed by atoms with Gasteiger partial charge in [-0.2, -0.15) is 0 Å². The standard InChI is InChI=1S/C16H21FN4/c1-5-9-18-15-11(2)16(20-12(3)19-15)21(4)14-8-6-7-13(17)10-14/h6-8,10H,5,9H2,1-4H3,(H,18,19,20). The molecule has 2 rings (SSSR count). The minimum atomic E-state index is -0.257. The van der Waals surface area contributed by atoms with E-state index in [0.717, 1.165) is 35.9 Å². The fraction of sp³-hybridized carbons (Fsp3) is 0.375. The van der Waals surface area contributed by atoms with Crippen LogP contribution in [0.4, 0.5) is 21.7 Å². The molecule has 0 atom stereocenters. The number of rotatable bonds is 5. The van der Waals surface area contributed by atoms with E-state index in [1.807, 2.05) is 31.9 Å². The third-order valence-corrected chi connectivity index (χ3v) is 3.29.